The second kappa shape index (κ2) is 5.59. The van der Waals surface area contributed by atoms with E-state index in [1.807, 2.05) is 35.7 Å². The van der Waals surface area contributed by atoms with Gasteiger partial charge in [0, 0.05) is 12.7 Å². The molecule has 0 saturated heterocycles. The summed E-state index contributed by atoms with van der Waals surface area (Å²) in [6, 6.07) is 5.69. The molecule has 9 heteroatoms. The Labute approximate surface area is 123 Å². The van der Waals surface area contributed by atoms with E-state index in [1.54, 1.807) is 0 Å². The van der Waals surface area contributed by atoms with Crippen LogP contribution in [0, 0.1) is 0 Å². The number of nitrogens with zero attached hydrogens (tertiary/aromatic N) is 6. The Hall–Kier alpha value is -1.93. The van der Waals surface area contributed by atoms with Gasteiger partial charge in [0.2, 0.25) is 21.5 Å². The lowest BCUT2D eigenvalue weighted by atomic mass is 10.5. The number of aromatic nitrogens is 6. The van der Waals surface area contributed by atoms with Crippen LogP contribution in [0.25, 0.3) is 5.65 Å². The van der Waals surface area contributed by atoms with E-state index in [-0.39, 0.29) is 5.28 Å². The zero-order chi connectivity index (χ0) is 13.9. The summed E-state index contributed by atoms with van der Waals surface area (Å²) in [5.74, 6) is 0.448. The average molecular weight is 308 g/mol. The van der Waals surface area contributed by atoms with Gasteiger partial charge < -0.3 is 5.32 Å². The van der Waals surface area contributed by atoms with Crippen molar-refractivity contribution < 1.29 is 0 Å². The summed E-state index contributed by atoms with van der Waals surface area (Å²) in [6.07, 6.45) is 1.88. The first-order valence-corrected chi connectivity index (χ1v) is 7.09. The lowest BCUT2D eigenvalue weighted by Gasteiger charge is -2.03. The minimum Gasteiger partial charge on any atom is -0.354 e. The minimum atomic E-state index is 0.146. The summed E-state index contributed by atoms with van der Waals surface area (Å²) in [6.45, 7) is 2.66. The van der Waals surface area contributed by atoms with Crippen LogP contribution in [-0.4, -0.2) is 36.1 Å². The molecule has 20 heavy (non-hydrogen) atoms. The fourth-order valence-corrected chi connectivity index (χ4v) is 2.56. The molecule has 0 unspecified atom stereocenters. The first-order valence-electron chi connectivity index (χ1n) is 5.89. The second-order valence-electron chi connectivity index (χ2n) is 3.75. The molecule has 0 spiro atoms. The van der Waals surface area contributed by atoms with Crippen molar-refractivity contribution in [2.24, 2.45) is 0 Å². The summed E-state index contributed by atoms with van der Waals surface area (Å²) in [7, 11) is 0. The number of halogens is 1. The molecule has 0 aliphatic heterocycles. The second-order valence-corrected chi connectivity index (χ2v) is 5.03. The first kappa shape index (κ1) is 13.1. The zero-order valence-electron chi connectivity index (χ0n) is 10.5. The molecule has 0 aliphatic rings. The van der Waals surface area contributed by atoms with Crippen molar-refractivity contribution in [2.45, 2.75) is 17.2 Å². The van der Waals surface area contributed by atoms with Gasteiger partial charge in [-0.3, -0.25) is 4.40 Å². The van der Waals surface area contributed by atoms with Gasteiger partial charge >= 0.3 is 0 Å². The van der Waals surface area contributed by atoms with E-state index in [0.29, 0.717) is 22.8 Å². The van der Waals surface area contributed by atoms with E-state index in [2.05, 4.69) is 30.5 Å². The highest BCUT2D eigenvalue weighted by atomic mass is 35.5. The Morgan fingerprint density at radius 2 is 2.15 bits per heavy atom. The number of rotatable bonds is 4. The van der Waals surface area contributed by atoms with Crippen molar-refractivity contribution in [1.82, 2.24) is 29.5 Å². The maximum atomic E-state index is 5.89. The Morgan fingerprint density at radius 3 is 3.00 bits per heavy atom. The number of fused-ring (bicyclic) bond motifs is 1. The topological polar surface area (TPSA) is 80.9 Å². The van der Waals surface area contributed by atoms with Crippen LogP contribution in [-0.2, 0) is 0 Å². The zero-order valence-corrected chi connectivity index (χ0v) is 12.1. The lowest BCUT2D eigenvalue weighted by Crippen LogP contribution is -2.04. The summed E-state index contributed by atoms with van der Waals surface area (Å²) >= 11 is 7.17. The van der Waals surface area contributed by atoms with Crippen LogP contribution in [0.3, 0.4) is 0 Å². The summed E-state index contributed by atoms with van der Waals surface area (Å²) in [5, 5.41) is 12.5. The maximum absolute atomic E-state index is 5.89. The SMILES string of the molecule is CCNc1nc(Cl)nc(Sc2nnc3ccccn23)n1. The molecule has 0 amide bonds. The van der Waals surface area contributed by atoms with Crippen molar-refractivity contribution >= 4 is 35.0 Å². The number of hydrogen-bond donors (Lipinski definition) is 1. The van der Waals surface area contributed by atoms with Gasteiger partial charge in [-0.25, -0.2) is 0 Å². The van der Waals surface area contributed by atoms with Crippen LogP contribution in [0.2, 0.25) is 5.28 Å². The number of pyridine rings is 1. The van der Waals surface area contributed by atoms with Crippen LogP contribution in [0.15, 0.2) is 34.7 Å². The Balaban J connectivity index is 1.94. The van der Waals surface area contributed by atoms with E-state index in [1.165, 1.54) is 11.8 Å². The molecule has 3 heterocycles. The van der Waals surface area contributed by atoms with Gasteiger partial charge in [-0.1, -0.05) is 6.07 Å². The fourth-order valence-electron chi connectivity index (χ4n) is 1.59. The normalized spacial score (nSPS) is 10.9. The highest BCUT2D eigenvalue weighted by molar-refractivity contribution is 7.99. The third-order valence-corrected chi connectivity index (χ3v) is 3.38. The van der Waals surface area contributed by atoms with Crippen LogP contribution in [0.5, 0.6) is 0 Å². The Kier molecular flexibility index (Phi) is 3.66. The molecule has 0 aromatic carbocycles. The first-order chi connectivity index (χ1) is 9.76. The smallest absolute Gasteiger partial charge is 0.228 e. The van der Waals surface area contributed by atoms with Gasteiger partial charge in [-0.15, -0.1) is 10.2 Å². The van der Waals surface area contributed by atoms with Gasteiger partial charge in [0.15, 0.2) is 5.65 Å². The third-order valence-electron chi connectivity index (χ3n) is 2.39. The molecule has 0 atom stereocenters. The van der Waals surface area contributed by atoms with Gasteiger partial charge in [0.25, 0.3) is 0 Å². The van der Waals surface area contributed by atoms with E-state index < -0.39 is 0 Å². The molecule has 3 aromatic rings. The van der Waals surface area contributed by atoms with Gasteiger partial charge in [0.05, 0.1) is 0 Å². The third kappa shape index (κ3) is 2.66. The molecule has 0 aliphatic carbocycles. The standard InChI is InChI=1S/C11H10ClN7S/c1-2-13-9-14-8(12)15-10(16-9)20-11-18-17-7-5-3-4-6-19(7)11/h3-6H,2H2,1H3,(H,13,14,15,16). The molecule has 7 nitrogen and oxygen atoms in total. The van der Waals surface area contributed by atoms with Crippen LogP contribution >= 0.6 is 23.4 Å². The quantitative estimate of drug-likeness (QED) is 0.791. The van der Waals surface area contributed by atoms with Crippen molar-refractivity contribution in [1.29, 1.82) is 0 Å². The molecule has 0 fully saturated rings. The van der Waals surface area contributed by atoms with Crippen LogP contribution in [0.1, 0.15) is 6.92 Å². The lowest BCUT2D eigenvalue weighted by molar-refractivity contribution is 0.874. The molecule has 1 N–H and O–H groups in total. The highest BCUT2D eigenvalue weighted by Crippen LogP contribution is 2.24. The predicted octanol–water partition coefficient (Wildman–Crippen LogP) is 2.15. The number of anilines is 1. The summed E-state index contributed by atoms with van der Waals surface area (Å²) < 4.78 is 1.86. The number of nitrogens with one attached hydrogen (secondary N) is 1. The van der Waals surface area contributed by atoms with Crippen molar-refractivity contribution in [2.75, 3.05) is 11.9 Å². The largest absolute Gasteiger partial charge is 0.354 e. The maximum Gasteiger partial charge on any atom is 0.228 e. The molecule has 102 valence electrons. The van der Waals surface area contributed by atoms with Gasteiger partial charge in [-0.2, -0.15) is 15.0 Å². The summed E-state index contributed by atoms with van der Waals surface area (Å²) in [5.41, 5.74) is 0.766. The number of hydrogen-bond acceptors (Lipinski definition) is 7. The van der Waals surface area contributed by atoms with Crippen LogP contribution in [0.4, 0.5) is 5.95 Å². The van der Waals surface area contributed by atoms with E-state index >= 15 is 0 Å². The summed E-state index contributed by atoms with van der Waals surface area (Å²) in [4.78, 5) is 12.3. The van der Waals surface area contributed by atoms with Gasteiger partial charge in [0.1, 0.15) is 0 Å². The monoisotopic (exact) mass is 307 g/mol. The molecule has 0 radical (unpaired) electrons. The van der Waals surface area contributed by atoms with Crippen molar-refractivity contribution in [3.05, 3.63) is 29.7 Å². The molecule has 3 rings (SSSR count). The molecule has 0 saturated carbocycles. The molecule has 3 aromatic heterocycles. The Morgan fingerprint density at radius 1 is 1.25 bits per heavy atom. The molecular weight excluding hydrogens is 298 g/mol. The van der Waals surface area contributed by atoms with Crippen molar-refractivity contribution in [3.8, 4) is 0 Å². The minimum absolute atomic E-state index is 0.146. The van der Waals surface area contributed by atoms with E-state index in [4.69, 9.17) is 11.6 Å². The Bertz CT molecular complexity index is 744. The highest BCUT2D eigenvalue weighted by Gasteiger charge is 2.11. The van der Waals surface area contributed by atoms with E-state index in [9.17, 15) is 0 Å². The fraction of sp³-hybridized carbons (Fsp3) is 0.182. The van der Waals surface area contributed by atoms with Crippen molar-refractivity contribution in [3.63, 3.8) is 0 Å². The molecule has 0 bridgehead atoms. The van der Waals surface area contributed by atoms with Gasteiger partial charge in [-0.05, 0) is 42.4 Å². The van der Waals surface area contributed by atoms with E-state index in [0.717, 1.165) is 5.65 Å². The average Bonchev–Trinajstić information content (AvgIpc) is 2.82. The van der Waals surface area contributed by atoms with Crippen LogP contribution < -0.4 is 5.32 Å². The molecular formula is C11H10ClN7S. The predicted molar refractivity (Wildman–Crippen MR) is 76.1 cm³/mol.